The van der Waals surface area contributed by atoms with Crippen LogP contribution in [0.4, 0.5) is 17.1 Å². The smallest absolute Gasteiger partial charge is 0.330 e. The Morgan fingerprint density at radius 2 is 1.38 bits per heavy atom. The van der Waals surface area contributed by atoms with E-state index in [-0.39, 0.29) is 5.97 Å². The van der Waals surface area contributed by atoms with Gasteiger partial charge in [-0.25, -0.2) is 4.79 Å². The summed E-state index contributed by atoms with van der Waals surface area (Å²) >= 11 is 0. The summed E-state index contributed by atoms with van der Waals surface area (Å²) in [5, 5.41) is 9.44. The minimum atomic E-state index is -0.907. The molecule has 0 aromatic heterocycles. The molecule has 1 atom stereocenters. The predicted octanol–water partition coefficient (Wildman–Crippen LogP) is 6.89. The number of benzene rings is 3. The number of anilines is 3. The van der Waals surface area contributed by atoms with E-state index in [2.05, 4.69) is 98.6 Å². The Labute approximate surface area is 220 Å². The highest BCUT2D eigenvalue weighted by molar-refractivity contribution is 5.81. The van der Waals surface area contributed by atoms with E-state index in [1.54, 1.807) is 0 Å². The molecule has 0 saturated heterocycles. The molecule has 0 aliphatic rings. The molecule has 1 N–H and O–H groups in total. The number of esters is 1. The number of aryl methyl sites for hydroxylation is 4. The zero-order valence-electron chi connectivity index (χ0n) is 21.9. The van der Waals surface area contributed by atoms with Crippen LogP contribution in [-0.2, 0) is 27.1 Å². The Morgan fingerprint density at radius 3 is 1.89 bits per heavy atom. The normalized spacial score (nSPS) is 11.5. The zero-order chi connectivity index (χ0) is 26.6. The molecule has 0 bridgehead atoms. The second kappa shape index (κ2) is 14.2. The fourth-order valence-electron chi connectivity index (χ4n) is 3.99. The van der Waals surface area contributed by atoms with Crippen LogP contribution >= 0.6 is 0 Å². The Morgan fingerprint density at radius 1 is 0.838 bits per heavy atom. The van der Waals surface area contributed by atoms with Crippen molar-refractivity contribution in [1.82, 2.24) is 0 Å². The van der Waals surface area contributed by atoms with Gasteiger partial charge in [-0.2, -0.15) is 0 Å². The molecular weight excluding hydrogens is 462 g/mol. The molecule has 3 aromatic carbocycles. The van der Waals surface area contributed by atoms with Crippen LogP contribution in [-0.4, -0.2) is 30.6 Å². The van der Waals surface area contributed by atoms with Gasteiger partial charge in [0, 0.05) is 23.1 Å². The molecule has 0 saturated carbocycles. The summed E-state index contributed by atoms with van der Waals surface area (Å²) in [6, 6.07) is 23.6. The minimum Gasteiger partial charge on any atom is -0.463 e. The lowest BCUT2D eigenvalue weighted by molar-refractivity contribution is -0.137. The van der Waals surface area contributed by atoms with E-state index in [0.717, 1.165) is 42.7 Å². The number of nitrogens with zero attached hydrogens (tertiary/aromatic N) is 1. The first kappa shape index (κ1) is 27.9. The summed E-state index contributed by atoms with van der Waals surface area (Å²) in [6.07, 6.45) is 4.94. The van der Waals surface area contributed by atoms with Crippen LogP contribution in [0.3, 0.4) is 0 Å². The van der Waals surface area contributed by atoms with Gasteiger partial charge in [0.05, 0.1) is 13.2 Å². The zero-order valence-corrected chi connectivity index (χ0v) is 21.9. The maximum Gasteiger partial charge on any atom is 0.330 e. The maximum atomic E-state index is 11.2. The average Bonchev–Trinajstić information content (AvgIpc) is 2.92. The van der Waals surface area contributed by atoms with Crippen LogP contribution < -0.4 is 4.90 Å². The van der Waals surface area contributed by atoms with Gasteiger partial charge in [-0.3, -0.25) is 0 Å². The molecule has 0 amide bonds. The van der Waals surface area contributed by atoms with Crippen molar-refractivity contribution in [3.63, 3.8) is 0 Å². The van der Waals surface area contributed by atoms with Gasteiger partial charge in [-0.05, 0) is 104 Å². The molecule has 5 heteroatoms. The van der Waals surface area contributed by atoms with E-state index >= 15 is 0 Å². The third-order valence-corrected chi connectivity index (χ3v) is 6.26. The lowest BCUT2D eigenvalue weighted by atomic mass is 10.1. The Hall–Kier alpha value is -3.67. The van der Waals surface area contributed by atoms with E-state index in [1.807, 2.05) is 0 Å². The van der Waals surface area contributed by atoms with Crippen LogP contribution in [0.2, 0.25) is 0 Å². The quantitative estimate of drug-likeness (QED) is 0.0860. The second-order valence-electron chi connectivity index (χ2n) is 9.01. The first-order valence-electron chi connectivity index (χ1n) is 12.7. The summed E-state index contributed by atoms with van der Waals surface area (Å²) in [7, 11) is 0. The van der Waals surface area contributed by atoms with Crippen molar-refractivity contribution in [3.05, 3.63) is 114 Å². The largest absolute Gasteiger partial charge is 0.463 e. The van der Waals surface area contributed by atoms with Crippen LogP contribution in [0, 0.1) is 13.8 Å². The van der Waals surface area contributed by atoms with Crippen molar-refractivity contribution in [1.29, 1.82) is 0 Å². The van der Waals surface area contributed by atoms with Gasteiger partial charge in [-0.15, -0.1) is 0 Å². The van der Waals surface area contributed by atoms with Crippen LogP contribution in [0.15, 0.2) is 92.0 Å². The Bertz CT molecular complexity index is 1170. The van der Waals surface area contributed by atoms with Crippen molar-refractivity contribution in [2.75, 3.05) is 18.1 Å². The molecule has 5 nitrogen and oxygen atoms in total. The molecule has 3 aromatic rings. The number of hydrogen-bond acceptors (Lipinski definition) is 5. The second-order valence-corrected chi connectivity index (χ2v) is 9.01. The van der Waals surface area contributed by atoms with Gasteiger partial charge in [0.15, 0.2) is 6.29 Å². The average molecular weight is 500 g/mol. The monoisotopic (exact) mass is 499 g/mol. The fraction of sp³-hybridized carbons (Fsp3) is 0.281. The maximum absolute atomic E-state index is 11.2. The van der Waals surface area contributed by atoms with Crippen LogP contribution in [0.5, 0.6) is 0 Å². The van der Waals surface area contributed by atoms with Crippen molar-refractivity contribution in [3.8, 4) is 0 Å². The van der Waals surface area contributed by atoms with E-state index in [9.17, 15) is 9.90 Å². The van der Waals surface area contributed by atoms with Gasteiger partial charge in [-0.1, -0.05) is 43.5 Å². The summed E-state index contributed by atoms with van der Waals surface area (Å²) < 4.78 is 10.4. The van der Waals surface area contributed by atoms with Crippen molar-refractivity contribution in [2.24, 2.45) is 0 Å². The van der Waals surface area contributed by atoms with Crippen molar-refractivity contribution < 1.29 is 19.4 Å². The van der Waals surface area contributed by atoms with E-state index in [0.29, 0.717) is 13.2 Å². The van der Waals surface area contributed by atoms with E-state index in [4.69, 9.17) is 9.47 Å². The molecular formula is C32H37NO4. The third kappa shape index (κ3) is 8.45. The van der Waals surface area contributed by atoms with Gasteiger partial charge in [0.2, 0.25) is 0 Å². The fourth-order valence-corrected chi connectivity index (χ4v) is 3.99. The first-order chi connectivity index (χ1) is 17.9. The van der Waals surface area contributed by atoms with Crippen molar-refractivity contribution >= 4 is 23.0 Å². The molecule has 0 heterocycles. The highest BCUT2D eigenvalue weighted by Crippen LogP contribution is 2.35. The lowest BCUT2D eigenvalue weighted by Gasteiger charge is -2.26. The summed E-state index contributed by atoms with van der Waals surface area (Å²) in [5.41, 5.74) is 8.17. The highest BCUT2D eigenvalue weighted by atomic mass is 16.6. The number of rotatable bonds is 14. The SMILES string of the molecule is C=CC(=O)OCCCc1ccc(N(c2ccc(CCCOC(O)C=C)cc2)c2ccc(C)c(C)c2)cc1. The lowest BCUT2D eigenvalue weighted by Crippen LogP contribution is -2.11. The van der Waals surface area contributed by atoms with Crippen LogP contribution in [0.25, 0.3) is 0 Å². The third-order valence-electron chi connectivity index (χ3n) is 6.26. The summed E-state index contributed by atoms with van der Waals surface area (Å²) in [5.74, 6) is -0.384. The van der Waals surface area contributed by atoms with Gasteiger partial charge >= 0.3 is 5.97 Å². The van der Waals surface area contributed by atoms with Crippen molar-refractivity contribution in [2.45, 2.75) is 45.8 Å². The molecule has 37 heavy (non-hydrogen) atoms. The summed E-state index contributed by atoms with van der Waals surface area (Å²) in [4.78, 5) is 13.5. The molecule has 0 aliphatic heterocycles. The first-order valence-corrected chi connectivity index (χ1v) is 12.7. The Kier molecular flexibility index (Phi) is 10.7. The summed E-state index contributed by atoms with van der Waals surface area (Å²) in [6.45, 7) is 12.1. The minimum absolute atomic E-state index is 0.384. The van der Waals surface area contributed by atoms with Gasteiger partial charge in [0.1, 0.15) is 0 Å². The number of aliphatic hydroxyl groups excluding tert-OH is 1. The number of carbonyl (C=O) groups is 1. The molecule has 0 spiro atoms. The van der Waals surface area contributed by atoms with E-state index < -0.39 is 6.29 Å². The number of carbonyl (C=O) groups excluding carboxylic acids is 1. The molecule has 0 fully saturated rings. The number of hydrogen-bond donors (Lipinski definition) is 1. The standard InChI is InChI=1S/C32H37NO4/c1-5-31(34)36-21-7-9-26-12-17-28(18-13-26)33(30-16-11-24(3)25(4)23-30)29-19-14-27(15-20-29)10-8-22-37-32(35)6-2/h5-6,11-20,23,31,34H,1-2,7-10,21-22H2,3-4H3. The van der Waals surface area contributed by atoms with Crippen LogP contribution in [0.1, 0.15) is 35.1 Å². The Balaban J connectivity index is 1.75. The van der Waals surface area contributed by atoms with Gasteiger partial charge < -0.3 is 19.5 Å². The molecule has 0 radical (unpaired) electrons. The molecule has 1 unspecified atom stereocenters. The topological polar surface area (TPSA) is 59.0 Å². The van der Waals surface area contributed by atoms with E-state index in [1.165, 1.54) is 34.4 Å². The molecule has 194 valence electrons. The molecule has 0 aliphatic carbocycles. The number of ether oxygens (including phenoxy) is 2. The number of aliphatic hydroxyl groups is 1. The highest BCUT2D eigenvalue weighted by Gasteiger charge is 2.13. The van der Waals surface area contributed by atoms with Gasteiger partial charge in [0.25, 0.3) is 0 Å². The molecule has 3 rings (SSSR count). The predicted molar refractivity (Wildman–Crippen MR) is 151 cm³/mol.